The minimum atomic E-state index is -0.255. The Balaban J connectivity index is 1.55. The monoisotopic (exact) mass is 332 g/mol. The van der Waals surface area contributed by atoms with Gasteiger partial charge in [0.25, 0.3) is 5.91 Å². The molecule has 1 saturated heterocycles. The van der Waals surface area contributed by atoms with E-state index in [2.05, 4.69) is 10.4 Å². The number of nitrogens with one attached hydrogen (secondary N) is 1. The van der Waals surface area contributed by atoms with E-state index < -0.39 is 0 Å². The predicted octanol–water partition coefficient (Wildman–Crippen LogP) is 2.60. The van der Waals surface area contributed by atoms with E-state index in [4.69, 9.17) is 0 Å². The molecule has 4 rings (SSSR count). The molecule has 0 saturated carbocycles. The summed E-state index contributed by atoms with van der Waals surface area (Å²) in [6.45, 7) is 2.71. The van der Waals surface area contributed by atoms with Crippen LogP contribution in [0.3, 0.4) is 0 Å². The standard InChI is InChI=1S/C16H17FN4OS/c1-10-18-9-14-21(10)19-15(23-14)16(22)20-8-2-3-13(20)11-4-6-12(17)7-5-11/h4-7,9-10,13,18H,2-3,8H2,1H3. The van der Waals surface area contributed by atoms with Crippen LogP contribution in [-0.4, -0.2) is 33.6 Å². The Hall–Kier alpha value is -2.02. The third-order valence-corrected chi connectivity index (χ3v) is 5.36. The fourth-order valence-electron chi connectivity index (χ4n) is 3.20. The average Bonchev–Trinajstić information content (AvgIpc) is 3.25. The molecule has 5 nitrogen and oxygen atoms in total. The van der Waals surface area contributed by atoms with Gasteiger partial charge in [0.05, 0.1) is 6.04 Å². The van der Waals surface area contributed by atoms with Gasteiger partial charge in [0.15, 0.2) is 5.04 Å². The Labute approximate surface area is 138 Å². The van der Waals surface area contributed by atoms with Gasteiger partial charge in [0.2, 0.25) is 0 Å². The number of carbonyl (C=O) groups excluding carboxylic acids is 1. The first-order valence-corrected chi connectivity index (χ1v) is 8.53. The molecule has 0 aromatic heterocycles. The number of nitrogens with zero attached hydrogens (tertiary/aromatic N) is 3. The zero-order valence-corrected chi connectivity index (χ0v) is 13.5. The first kappa shape index (κ1) is 14.6. The van der Waals surface area contributed by atoms with Crippen molar-refractivity contribution in [3.63, 3.8) is 0 Å². The summed E-state index contributed by atoms with van der Waals surface area (Å²) in [5.41, 5.74) is 0.982. The number of fused-ring (bicyclic) bond motifs is 1. The number of halogens is 1. The van der Waals surface area contributed by atoms with Crippen LogP contribution in [0.2, 0.25) is 0 Å². The molecule has 3 heterocycles. The highest BCUT2D eigenvalue weighted by atomic mass is 32.2. The van der Waals surface area contributed by atoms with Gasteiger partial charge < -0.3 is 10.2 Å². The van der Waals surface area contributed by atoms with E-state index in [1.165, 1.54) is 23.9 Å². The second kappa shape index (κ2) is 5.56. The van der Waals surface area contributed by atoms with Crippen LogP contribution in [0.4, 0.5) is 4.39 Å². The smallest absolute Gasteiger partial charge is 0.281 e. The second-order valence-electron chi connectivity index (χ2n) is 5.89. The van der Waals surface area contributed by atoms with Crippen molar-refractivity contribution >= 4 is 22.7 Å². The molecule has 1 aromatic rings. The van der Waals surface area contributed by atoms with E-state index in [1.54, 1.807) is 12.1 Å². The zero-order chi connectivity index (χ0) is 16.0. The number of carbonyl (C=O) groups is 1. The lowest BCUT2D eigenvalue weighted by molar-refractivity contribution is -0.124. The molecular formula is C16H17FN4OS. The van der Waals surface area contributed by atoms with Crippen molar-refractivity contribution in [2.75, 3.05) is 6.54 Å². The van der Waals surface area contributed by atoms with Crippen LogP contribution in [0, 0.1) is 5.82 Å². The molecule has 1 amide bonds. The summed E-state index contributed by atoms with van der Waals surface area (Å²) < 4.78 is 13.1. The summed E-state index contributed by atoms with van der Waals surface area (Å²) in [5.74, 6) is -0.293. The maximum Gasteiger partial charge on any atom is 0.281 e. The van der Waals surface area contributed by atoms with Gasteiger partial charge in [-0.05, 0) is 49.2 Å². The van der Waals surface area contributed by atoms with E-state index in [0.29, 0.717) is 11.6 Å². The van der Waals surface area contributed by atoms with Crippen LogP contribution in [0.5, 0.6) is 0 Å². The Kier molecular flexibility index (Phi) is 3.52. The minimum absolute atomic E-state index is 0.00590. The SMILES string of the molecule is CC1NC=C2SC(C(=O)N3CCCC3c3ccc(F)cc3)=NN21. The summed E-state index contributed by atoms with van der Waals surface area (Å²) in [4.78, 5) is 14.7. The highest BCUT2D eigenvalue weighted by Gasteiger charge is 2.38. The normalized spacial score (nSPS) is 26.0. The maximum atomic E-state index is 13.1. The third-order valence-electron chi connectivity index (χ3n) is 4.39. The largest absolute Gasteiger partial charge is 0.368 e. The van der Waals surface area contributed by atoms with Crippen LogP contribution in [0.15, 0.2) is 40.6 Å². The van der Waals surface area contributed by atoms with Crippen molar-refractivity contribution in [3.8, 4) is 0 Å². The van der Waals surface area contributed by atoms with Crippen LogP contribution >= 0.6 is 11.8 Å². The van der Waals surface area contributed by atoms with E-state index >= 15 is 0 Å². The predicted molar refractivity (Wildman–Crippen MR) is 87.6 cm³/mol. The maximum absolute atomic E-state index is 13.1. The van der Waals surface area contributed by atoms with Crippen molar-refractivity contribution < 1.29 is 9.18 Å². The van der Waals surface area contributed by atoms with Gasteiger partial charge in [0, 0.05) is 12.7 Å². The molecule has 3 aliphatic rings. The fourth-order valence-corrected chi connectivity index (χ4v) is 4.15. The van der Waals surface area contributed by atoms with Gasteiger partial charge in [0.1, 0.15) is 17.0 Å². The number of benzene rings is 1. The number of hydrogen-bond acceptors (Lipinski definition) is 5. The van der Waals surface area contributed by atoms with Crippen LogP contribution in [-0.2, 0) is 4.79 Å². The Morgan fingerprint density at radius 3 is 2.91 bits per heavy atom. The molecule has 1 aromatic carbocycles. The Morgan fingerprint density at radius 1 is 1.39 bits per heavy atom. The molecule has 0 aliphatic carbocycles. The molecule has 120 valence electrons. The Morgan fingerprint density at radius 2 is 2.17 bits per heavy atom. The summed E-state index contributed by atoms with van der Waals surface area (Å²) in [6, 6.07) is 6.44. The van der Waals surface area contributed by atoms with E-state index in [9.17, 15) is 9.18 Å². The topological polar surface area (TPSA) is 47.9 Å². The van der Waals surface area contributed by atoms with Gasteiger partial charge >= 0.3 is 0 Å². The lowest BCUT2D eigenvalue weighted by Gasteiger charge is -2.24. The van der Waals surface area contributed by atoms with Crippen molar-refractivity contribution in [2.45, 2.75) is 32.0 Å². The van der Waals surface area contributed by atoms with Gasteiger partial charge in [-0.15, -0.1) is 0 Å². The van der Waals surface area contributed by atoms with E-state index in [-0.39, 0.29) is 23.9 Å². The fraction of sp³-hybridized carbons (Fsp3) is 0.375. The molecule has 0 bridgehead atoms. The Bertz CT molecular complexity index is 703. The summed E-state index contributed by atoms with van der Waals surface area (Å²) in [6.07, 6.45) is 3.82. The van der Waals surface area contributed by atoms with Crippen LogP contribution in [0.1, 0.15) is 31.4 Å². The van der Waals surface area contributed by atoms with Gasteiger partial charge in [-0.2, -0.15) is 5.10 Å². The first-order valence-electron chi connectivity index (χ1n) is 7.72. The van der Waals surface area contributed by atoms with Crippen LogP contribution in [0.25, 0.3) is 0 Å². The highest BCUT2D eigenvalue weighted by Crippen LogP contribution is 2.38. The van der Waals surface area contributed by atoms with Crippen LogP contribution < -0.4 is 5.32 Å². The number of rotatable bonds is 2. The molecule has 3 aliphatic heterocycles. The quantitative estimate of drug-likeness (QED) is 0.904. The third kappa shape index (κ3) is 2.49. The van der Waals surface area contributed by atoms with Gasteiger partial charge in [-0.25, -0.2) is 9.40 Å². The van der Waals surface area contributed by atoms with Crippen molar-refractivity contribution in [1.29, 1.82) is 0 Å². The molecule has 0 spiro atoms. The van der Waals surface area contributed by atoms with Gasteiger partial charge in [-0.3, -0.25) is 4.79 Å². The zero-order valence-electron chi connectivity index (χ0n) is 12.7. The molecule has 2 atom stereocenters. The molecule has 0 radical (unpaired) electrons. The second-order valence-corrected chi connectivity index (χ2v) is 6.89. The lowest BCUT2D eigenvalue weighted by Crippen LogP contribution is -2.35. The number of thioether (sulfide) groups is 1. The highest BCUT2D eigenvalue weighted by molar-refractivity contribution is 8.19. The lowest BCUT2D eigenvalue weighted by atomic mass is 10.0. The molecule has 23 heavy (non-hydrogen) atoms. The summed E-state index contributed by atoms with van der Waals surface area (Å²) in [5, 5.41) is 10.9. The van der Waals surface area contributed by atoms with Gasteiger partial charge in [-0.1, -0.05) is 12.1 Å². The van der Waals surface area contributed by atoms with E-state index in [1.807, 2.05) is 23.0 Å². The number of hydrogen-bond donors (Lipinski definition) is 1. The van der Waals surface area contributed by atoms with Crippen molar-refractivity contribution in [3.05, 3.63) is 46.9 Å². The molecule has 1 fully saturated rings. The number of likely N-dealkylation sites (tertiary alicyclic amines) is 1. The summed E-state index contributed by atoms with van der Waals surface area (Å²) >= 11 is 1.40. The first-order chi connectivity index (χ1) is 11.1. The number of hydrazone groups is 1. The average molecular weight is 332 g/mol. The van der Waals surface area contributed by atoms with E-state index in [0.717, 1.165) is 23.4 Å². The molecule has 2 unspecified atom stereocenters. The molecule has 1 N–H and O–H groups in total. The molecule has 7 heteroatoms. The molecular weight excluding hydrogens is 315 g/mol. The van der Waals surface area contributed by atoms with Crippen molar-refractivity contribution in [1.82, 2.24) is 15.2 Å². The number of amides is 1. The summed E-state index contributed by atoms with van der Waals surface area (Å²) in [7, 11) is 0. The van der Waals surface area contributed by atoms with Crippen molar-refractivity contribution in [2.24, 2.45) is 5.10 Å². The minimum Gasteiger partial charge on any atom is -0.368 e.